The lowest BCUT2D eigenvalue weighted by molar-refractivity contribution is 0.922. The van der Waals surface area contributed by atoms with Crippen LogP contribution in [0, 0.1) is 0 Å². The van der Waals surface area contributed by atoms with Crippen LogP contribution in [-0.2, 0) is 25.7 Å². The minimum atomic E-state index is 0.730. The number of aryl methyl sites for hydroxylation is 4. The van der Waals surface area contributed by atoms with Crippen molar-refractivity contribution in [2.75, 3.05) is 11.5 Å². The van der Waals surface area contributed by atoms with Gasteiger partial charge in [-0.05, 0) is 70.2 Å². The average molecular weight is 581 g/mol. The highest BCUT2D eigenvalue weighted by molar-refractivity contribution is 6.11. The Morgan fingerprint density at radius 2 is 0.545 bits per heavy atom. The number of rotatable bonds is 12. The van der Waals surface area contributed by atoms with Crippen LogP contribution in [0.2, 0.25) is 0 Å². The highest BCUT2D eigenvalue weighted by Crippen LogP contribution is 2.52. The molecule has 5 aromatic carbocycles. The van der Waals surface area contributed by atoms with Crippen molar-refractivity contribution >= 4 is 11.4 Å². The Morgan fingerprint density at radius 1 is 0.318 bits per heavy atom. The molecule has 5 aromatic rings. The van der Waals surface area contributed by atoms with Crippen molar-refractivity contribution in [2.24, 2.45) is 0 Å². The van der Waals surface area contributed by atoms with Crippen LogP contribution in [0.3, 0.4) is 0 Å². The van der Waals surface area contributed by atoms with Crippen molar-refractivity contribution in [3.8, 4) is 44.5 Å². The van der Waals surface area contributed by atoms with Gasteiger partial charge >= 0.3 is 0 Å². The van der Waals surface area contributed by atoms with Gasteiger partial charge in [-0.25, -0.2) is 0 Å². The van der Waals surface area contributed by atoms with Gasteiger partial charge in [-0.3, -0.25) is 0 Å². The Bertz CT molecular complexity index is 1580. The molecule has 0 heterocycles. The van der Waals surface area contributed by atoms with Crippen molar-refractivity contribution in [1.29, 1.82) is 0 Å². The zero-order valence-electron chi connectivity index (χ0n) is 27.0. The first-order valence-corrected chi connectivity index (χ1v) is 16.6. The normalized spacial score (nSPS) is 11.2. The standard InChI is InChI=1S/C42H48N2/c1-5-9-29-13-21-33(22-14-29)37-38(34-23-15-30(10-6-2)16-24-34)41(43)40(36-27-19-32(12-8-4)20-28-36)42(44)39(37)35-25-17-31(11-7-3)18-26-35/h13-28H,5-12,43-44H2,1-4H3. The number of hydrogen-bond donors (Lipinski definition) is 2. The molecule has 0 aliphatic carbocycles. The highest BCUT2D eigenvalue weighted by atomic mass is 14.7. The highest BCUT2D eigenvalue weighted by Gasteiger charge is 2.25. The van der Waals surface area contributed by atoms with Crippen LogP contribution >= 0.6 is 0 Å². The lowest BCUT2D eigenvalue weighted by atomic mass is 9.81. The summed E-state index contributed by atoms with van der Waals surface area (Å²) in [6, 6.07) is 35.8. The van der Waals surface area contributed by atoms with Crippen molar-refractivity contribution < 1.29 is 0 Å². The molecule has 0 aliphatic heterocycles. The molecule has 0 aromatic heterocycles. The summed E-state index contributed by atoms with van der Waals surface area (Å²) in [5, 5.41) is 0. The fourth-order valence-electron chi connectivity index (χ4n) is 6.50. The third-order valence-corrected chi connectivity index (χ3v) is 8.70. The van der Waals surface area contributed by atoms with Crippen LogP contribution < -0.4 is 11.5 Å². The predicted molar refractivity (Wildman–Crippen MR) is 193 cm³/mol. The van der Waals surface area contributed by atoms with Gasteiger partial charge in [0, 0.05) is 22.3 Å². The maximum atomic E-state index is 7.29. The van der Waals surface area contributed by atoms with E-state index in [0.29, 0.717) is 0 Å². The first-order chi connectivity index (χ1) is 21.5. The van der Waals surface area contributed by atoms with Gasteiger partial charge in [0.2, 0.25) is 0 Å². The van der Waals surface area contributed by atoms with Crippen molar-refractivity contribution in [1.82, 2.24) is 0 Å². The Kier molecular flexibility index (Phi) is 10.2. The Labute approximate surface area is 265 Å². The third-order valence-electron chi connectivity index (χ3n) is 8.70. The molecule has 0 saturated carbocycles. The molecule has 4 N–H and O–H groups in total. The first-order valence-electron chi connectivity index (χ1n) is 16.6. The van der Waals surface area contributed by atoms with Crippen LogP contribution in [0.5, 0.6) is 0 Å². The fourth-order valence-corrected chi connectivity index (χ4v) is 6.50. The summed E-state index contributed by atoms with van der Waals surface area (Å²) in [5.41, 5.74) is 29.9. The molecule has 0 spiro atoms. The maximum absolute atomic E-state index is 7.29. The van der Waals surface area contributed by atoms with E-state index in [1.54, 1.807) is 0 Å². The summed E-state index contributed by atoms with van der Waals surface area (Å²) in [4.78, 5) is 0. The van der Waals surface area contributed by atoms with Crippen LogP contribution in [0.4, 0.5) is 11.4 Å². The van der Waals surface area contributed by atoms with Crippen LogP contribution in [0.15, 0.2) is 97.1 Å². The zero-order chi connectivity index (χ0) is 31.1. The quantitative estimate of drug-likeness (QED) is 0.144. The number of nitrogen functional groups attached to an aromatic ring is 2. The second kappa shape index (κ2) is 14.4. The predicted octanol–water partition coefficient (Wildman–Crippen LogP) is 11.3. The SMILES string of the molecule is CCCc1ccc(-c2c(N)c(-c3ccc(CCC)cc3)c(-c3ccc(CCC)cc3)c(-c3ccc(CCC)cc3)c2N)cc1. The topological polar surface area (TPSA) is 52.0 Å². The van der Waals surface area contributed by atoms with Gasteiger partial charge in [0.05, 0.1) is 11.4 Å². The number of nitrogens with two attached hydrogens (primary N) is 2. The summed E-state index contributed by atoms with van der Waals surface area (Å²) >= 11 is 0. The van der Waals surface area contributed by atoms with Gasteiger partial charge in [0.25, 0.3) is 0 Å². The van der Waals surface area contributed by atoms with Crippen molar-refractivity contribution in [2.45, 2.75) is 79.1 Å². The van der Waals surface area contributed by atoms with Crippen LogP contribution in [0.1, 0.15) is 75.6 Å². The molecule has 0 atom stereocenters. The maximum Gasteiger partial charge on any atom is 0.0501 e. The lowest BCUT2D eigenvalue weighted by Gasteiger charge is -2.25. The molecule has 0 fully saturated rings. The van der Waals surface area contributed by atoms with Gasteiger partial charge in [-0.2, -0.15) is 0 Å². The molecule has 0 radical (unpaired) electrons. The minimum absolute atomic E-state index is 0.730. The minimum Gasteiger partial charge on any atom is -0.398 e. The van der Waals surface area contributed by atoms with Crippen LogP contribution in [0.25, 0.3) is 44.5 Å². The molecule has 2 nitrogen and oxygen atoms in total. The van der Waals surface area contributed by atoms with Gasteiger partial charge in [0.1, 0.15) is 0 Å². The summed E-state index contributed by atoms with van der Waals surface area (Å²) in [7, 11) is 0. The van der Waals surface area contributed by atoms with E-state index in [1.165, 1.54) is 22.3 Å². The number of benzene rings is 5. The first kappa shape index (κ1) is 31.1. The number of hydrogen-bond acceptors (Lipinski definition) is 2. The van der Waals surface area contributed by atoms with E-state index in [9.17, 15) is 0 Å². The lowest BCUT2D eigenvalue weighted by Crippen LogP contribution is -2.05. The van der Waals surface area contributed by atoms with Gasteiger partial charge < -0.3 is 11.5 Å². The van der Waals surface area contributed by atoms with E-state index in [4.69, 9.17) is 11.5 Å². The summed E-state index contributed by atoms with van der Waals surface area (Å²) in [6.07, 6.45) is 8.73. The van der Waals surface area contributed by atoms with E-state index >= 15 is 0 Å². The van der Waals surface area contributed by atoms with E-state index in [-0.39, 0.29) is 0 Å². The molecule has 0 bridgehead atoms. The van der Waals surface area contributed by atoms with Gasteiger partial charge in [-0.15, -0.1) is 0 Å². The summed E-state index contributed by atoms with van der Waals surface area (Å²) < 4.78 is 0. The van der Waals surface area contributed by atoms with E-state index in [1.807, 2.05) is 0 Å². The molecule has 226 valence electrons. The third kappa shape index (κ3) is 6.60. The van der Waals surface area contributed by atoms with Crippen molar-refractivity contribution in [3.05, 3.63) is 119 Å². The molecular formula is C42H48N2. The largest absolute Gasteiger partial charge is 0.398 e. The van der Waals surface area contributed by atoms with E-state index < -0.39 is 0 Å². The molecule has 44 heavy (non-hydrogen) atoms. The molecule has 0 unspecified atom stereocenters. The molecule has 5 rings (SSSR count). The zero-order valence-corrected chi connectivity index (χ0v) is 27.0. The molecular weight excluding hydrogens is 532 g/mol. The van der Waals surface area contributed by atoms with Gasteiger partial charge in [0.15, 0.2) is 0 Å². The van der Waals surface area contributed by atoms with Crippen molar-refractivity contribution in [3.63, 3.8) is 0 Å². The molecule has 0 amide bonds. The van der Waals surface area contributed by atoms with Gasteiger partial charge in [-0.1, -0.05) is 150 Å². The Morgan fingerprint density at radius 3 is 0.795 bits per heavy atom. The number of anilines is 2. The Balaban J connectivity index is 1.85. The smallest absolute Gasteiger partial charge is 0.0501 e. The van der Waals surface area contributed by atoms with E-state index in [2.05, 4.69) is 125 Å². The Hall–Kier alpha value is -4.30. The second-order valence-corrected chi connectivity index (χ2v) is 12.1. The molecule has 2 heteroatoms. The van der Waals surface area contributed by atoms with E-state index in [0.717, 1.165) is 107 Å². The fraction of sp³-hybridized carbons (Fsp3) is 0.286. The summed E-state index contributed by atoms with van der Waals surface area (Å²) in [6.45, 7) is 8.89. The monoisotopic (exact) mass is 580 g/mol. The van der Waals surface area contributed by atoms with Crippen LogP contribution in [-0.4, -0.2) is 0 Å². The average Bonchev–Trinajstić information content (AvgIpc) is 3.04. The second-order valence-electron chi connectivity index (χ2n) is 12.1. The summed E-state index contributed by atoms with van der Waals surface area (Å²) in [5.74, 6) is 0. The molecule has 0 saturated heterocycles. The molecule has 0 aliphatic rings.